The average molecular weight is 542 g/mol. The van der Waals surface area contributed by atoms with Gasteiger partial charge in [-0.15, -0.1) is 0 Å². The number of fused-ring (bicyclic) bond motifs is 1. The monoisotopic (exact) mass is 541 g/mol. The summed E-state index contributed by atoms with van der Waals surface area (Å²) in [6, 6.07) is 13.3. The highest BCUT2D eigenvalue weighted by atomic mass is 35.5. The highest BCUT2D eigenvalue weighted by Crippen LogP contribution is 2.42. The Hall–Kier alpha value is -4.11. The van der Waals surface area contributed by atoms with E-state index in [4.69, 9.17) is 35.3 Å². The Morgan fingerprint density at radius 1 is 0.974 bits per heavy atom. The summed E-state index contributed by atoms with van der Waals surface area (Å²) in [5, 5.41) is 12.6. The van der Waals surface area contributed by atoms with Gasteiger partial charge in [0.15, 0.2) is 0 Å². The first-order valence-electron chi connectivity index (χ1n) is 11.9. The third-order valence-electron chi connectivity index (χ3n) is 6.22. The second kappa shape index (κ2) is 12.0. The third kappa shape index (κ3) is 5.89. The Kier molecular flexibility index (Phi) is 8.48. The van der Waals surface area contributed by atoms with Crippen molar-refractivity contribution in [3.05, 3.63) is 70.2 Å². The van der Waals surface area contributed by atoms with Gasteiger partial charge in [0.1, 0.15) is 34.5 Å². The molecule has 3 aromatic carbocycles. The molecule has 0 bridgehead atoms. The van der Waals surface area contributed by atoms with Crippen LogP contribution in [0.25, 0.3) is 0 Å². The molecule has 0 saturated carbocycles. The fourth-order valence-corrected chi connectivity index (χ4v) is 4.46. The molecule has 1 atom stereocenters. The molecule has 0 aliphatic carbocycles. The maximum absolute atomic E-state index is 12.7. The summed E-state index contributed by atoms with van der Waals surface area (Å²) < 4.78 is 27.7. The lowest BCUT2D eigenvalue weighted by Gasteiger charge is -2.24. The van der Waals surface area contributed by atoms with Gasteiger partial charge in [0.25, 0.3) is 5.91 Å². The van der Waals surface area contributed by atoms with E-state index in [9.17, 15) is 14.7 Å². The molecule has 9 nitrogen and oxygen atoms in total. The van der Waals surface area contributed by atoms with Crippen LogP contribution in [0.3, 0.4) is 0 Å². The van der Waals surface area contributed by atoms with Crippen molar-refractivity contribution in [2.75, 3.05) is 34.5 Å². The summed E-state index contributed by atoms with van der Waals surface area (Å²) in [6.45, 7) is 0.658. The topological polar surface area (TPSA) is 113 Å². The predicted octanol–water partition coefficient (Wildman–Crippen LogP) is 5.08. The fourth-order valence-electron chi connectivity index (χ4n) is 4.25. The minimum absolute atomic E-state index is 0.247. The lowest BCUT2D eigenvalue weighted by atomic mass is 9.93. The first-order chi connectivity index (χ1) is 18.3. The van der Waals surface area contributed by atoms with Crippen LogP contribution in [0.4, 0.5) is 0 Å². The van der Waals surface area contributed by atoms with Crippen LogP contribution in [0.2, 0.25) is 5.02 Å². The van der Waals surface area contributed by atoms with Gasteiger partial charge in [0.2, 0.25) is 0 Å². The van der Waals surface area contributed by atoms with E-state index in [2.05, 4.69) is 5.32 Å². The number of aliphatic carboxylic acids is 1. The van der Waals surface area contributed by atoms with E-state index in [1.807, 2.05) is 0 Å². The summed E-state index contributed by atoms with van der Waals surface area (Å²) in [7, 11) is 4.70. The van der Waals surface area contributed by atoms with Crippen molar-refractivity contribution < 1.29 is 38.4 Å². The van der Waals surface area contributed by atoms with E-state index in [-0.39, 0.29) is 10.9 Å². The van der Waals surface area contributed by atoms with Gasteiger partial charge >= 0.3 is 5.97 Å². The number of carboxylic acids is 1. The van der Waals surface area contributed by atoms with Crippen LogP contribution in [-0.4, -0.2) is 51.5 Å². The number of halogens is 1. The van der Waals surface area contributed by atoms with Crippen molar-refractivity contribution in [2.24, 2.45) is 0 Å². The van der Waals surface area contributed by atoms with E-state index in [0.29, 0.717) is 71.6 Å². The standard InChI is InChI=1S/C28H28ClNO8/c1-34-18-12-23(35-2)20(24(13-18)36-3)8-10-30-27(31)16-4-6-17(7-5-16)38-26-15-25-21(14-22(26)29)19(28(32)33)9-11-37-25/h4-7,12-15,19H,8-11H2,1-3H3,(H,30,31)(H,32,33). The Balaban J connectivity index is 1.39. The van der Waals surface area contributed by atoms with Crippen LogP contribution in [0, 0.1) is 0 Å². The van der Waals surface area contributed by atoms with Crippen molar-refractivity contribution in [3.63, 3.8) is 0 Å². The number of nitrogens with one attached hydrogen (secondary N) is 1. The summed E-state index contributed by atoms with van der Waals surface area (Å²) in [5.41, 5.74) is 1.80. The van der Waals surface area contributed by atoms with Crippen LogP contribution in [-0.2, 0) is 11.2 Å². The first-order valence-corrected chi connectivity index (χ1v) is 12.3. The second-order valence-electron chi connectivity index (χ2n) is 8.49. The molecule has 0 radical (unpaired) electrons. The number of carbonyl (C=O) groups excluding carboxylic acids is 1. The molecule has 3 aromatic rings. The Morgan fingerprint density at radius 3 is 2.26 bits per heavy atom. The lowest BCUT2D eigenvalue weighted by molar-refractivity contribution is -0.139. The predicted molar refractivity (Wildman–Crippen MR) is 141 cm³/mol. The Bertz CT molecular complexity index is 1300. The highest BCUT2D eigenvalue weighted by Gasteiger charge is 2.29. The van der Waals surface area contributed by atoms with E-state index < -0.39 is 11.9 Å². The maximum atomic E-state index is 12.7. The average Bonchev–Trinajstić information content (AvgIpc) is 2.93. The minimum atomic E-state index is -0.921. The summed E-state index contributed by atoms with van der Waals surface area (Å²) in [5.74, 6) is 1.22. The molecule has 1 aliphatic heterocycles. The number of hydrogen-bond donors (Lipinski definition) is 2. The van der Waals surface area contributed by atoms with Crippen molar-refractivity contribution in [1.29, 1.82) is 0 Å². The molecule has 0 fully saturated rings. The van der Waals surface area contributed by atoms with Gasteiger partial charge in [-0.05, 0) is 43.2 Å². The van der Waals surface area contributed by atoms with Gasteiger partial charge in [-0.3, -0.25) is 9.59 Å². The number of methoxy groups -OCH3 is 3. The molecule has 2 N–H and O–H groups in total. The van der Waals surface area contributed by atoms with Crippen LogP contribution < -0.4 is 29.0 Å². The van der Waals surface area contributed by atoms with Crippen LogP contribution in [0.5, 0.6) is 34.5 Å². The summed E-state index contributed by atoms with van der Waals surface area (Å²) >= 11 is 6.37. The van der Waals surface area contributed by atoms with E-state index in [1.54, 1.807) is 69.9 Å². The zero-order chi connectivity index (χ0) is 27.2. The molecule has 0 saturated heterocycles. The molecule has 200 valence electrons. The molecule has 1 heterocycles. The zero-order valence-corrected chi connectivity index (χ0v) is 22.0. The van der Waals surface area contributed by atoms with Crippen molar-refractivity contribution in [3.8, 4) is 34.5 Å². The summed E-state index contributed by atoms with van der Waals surface area (Å²) in [4.78, 5) is 24.2. The molecule has 10 heteroatoms. The van der Waals surface area contributed by atoms with Crippen molar-refractivity contribution in [1.82, 2.24) is 5.32 Å². The van der Waals surface area contributed by atoms with E-state index >= 15 is 0 Å². The Morgan fingerprint density at radius 2 is 1.66 bits per heavy atom. The molecule has 1 unspecified atom stereocenters. The third-order valence-corrected chi connectivity index (χ3v) is 6.52. The lowest BCUT2D eigenvalue weighted by Crippen LogP contribution is -2.25. The molecule has 4 rings (SSSR count). The largest absolute Gasteiger partial charge is 0.496 e. The van der Waals surface area contributed by atoms with Crippen LogP contribution in [0.15, 0.2) is 48.5 Å². The summed E-state index contributed by atoms with van der Waals surface area (Å²) in [6.07, 6.45) is 0.870. The number of hydrogen-bond acceptors (Lipinski definition) is 7. The van der Waals surface area contributed by atoms with E-state index in [0.717, 1.165) is 5.56 Å². The van der Waals surface area contributed by atoms with Gasteiger partial charge in [0, 0.05) is 41.4 Å². The molecular weight excluding hydrogens is 514 g/mol. The van der Waals surface area contributed by atoms with Gasteiger partial charge in [-0.25, -0.2) is 0 Å². The van der Waals surface area contributed by atoms with Crippen molar-refractivity contribution >= 4 is 23.5 Å². The van der Waals surface area contributed by atoms with Gasteiger partial charge in [0.05, 0.1) is 38.9 Å². The number of amides is 1. The number of carboxylic acid groups (broad SMARTS) is 1. The zero-order valence-electron chi connectivity index (χ0n) is 21.2. The molecule has 0 spiro atoms. The maximum Gasteiger partial charge on any atom is 0.311 e. The second-order valence-corrected chi connectivity index (χ2v) is 8.90. The minimum Gasteiger partial charge on any atom is -0.496 e. The molecule has 1 aliphatic rings. The number of rotatable bonds is 10. The SMILES string of the molecule is COc1cc(OC)c(CCNC(=O)c2ccc(Oc3cc4c(cc3Cl)C(C(=O)O)CCO4)cc2)c(OC)c1. The fraction of sp³-hybridized carbons (Fsp3) is 0.286. The van der Waals surface area contributed by atoms with Crippen LogP contribution >= 0.6 is 11.6 Å². The molecular formula is C28H28ClNO8. The highest BCUT2D eigenvalue weighted by molar-refractivity contribution is 6.32. The number of benzene rings is 3. The van der Waals surface area contributed by atoms with Gasteiger partial charge < -0.3 is 34.1 Å². The first kappa shape index (κ1) is 26.9. The van der Waals surface area contributed by atoms with Gasteiger partial charge in [-0.2, -0.15) is 0 Å². The number of carbonyl (C=O) groups is 2. The number of ether oxygens (including phenoxy) is 5. The van der Waals surface area contributed by atoms with E-state index in [1.165, 1.54) is 0 Å². The molecule has 38 heavy (non-hydrogen) atoms. The molecule has 0 aromatic heterocycles. The van der Waals surface area contributed by atoms with Gasteiger partial charge in [-0.1, -0.05) is 11.6 Å². The quantitative estimate of drug-likeness (QED) is 0.365. The Labute approximate surface area is 225 Å². The smallest absolute Gasteiger partial charge is 0.311 e. The van der Waals surface area contributed by atoms with Crippen LogP contribution in [0.1, 0.15) is 33.8 Å². The molecule has 1 amide bonds. The van der Waals surface area contributed by atoms with Crippen molar-refractivity contribution in [2.45, 2.75) is 18.8 Å². The normalized spacial score (nSPS) is 14.1.